The van der Waals surface area contributed by atoms with Gasteiger partial charge in [0, 0.05) is 24.5 Å². The van der Waals surface area contributed by atoms with Crippen molar-refractivity contribution in [2.75, 3.05) is 20.2 Å². The smallest absolute Gasteiger partial charge is 0.259 e. The summed E-state index contributed by atoms with van der Waals surface area (Å²) in [6.07, 6.45) is 3.14. The van der Waals surface area contributed by atoms with Gasteiger partial charge in [-0.1, -0.05) is 0 Å². The van der Waals surface area contributed by atoms with E-state index < -0.39 is 0 Å². The number of amides is 1. The van der Waals surface area contributed by atoms with E-state index in [1.165, 1.54) is 6.20 Å². The summed E-state index contributed by atoms with van der Waals surface area (Å²) in [7, 11) is 1.60. The lowest BCUT2D eigenvalue weighted by atomic mass is 10.1. The van der Waals surface area contributed by atoms with Crippen LogP contribution in [0.3, 0.4) is 0 Å². The Kier molecular flexibility index (Phi) is 3.96. The minimum absolute atomic E-state index is 0.263. The van der Waals surface area contributed by atoms with Crippen molar-refractivity contribution in [3.05, 3.63) is 52.3 Å². The number of nitrogens with one attached hydrogen (secondary N) is 1. The molecule has 0 saturated carbocycles. The van der Waals surface area contributed by atoms with Crippen LogP contribution in [0.25, 0.3) is 0 Å². The average molecular weight is 400 g/mol. The molecule has 3 heterocycles. The summed E-state index contributed by atoms with van der Waals surface area (Å²) in [4.78, 5) is 27.6. The zero-order chi connectivity index (χ0) is 17.4. The van der Waals surface area contributed by atoms with Crippen molar-refractivity contribution >= 4 is 39.3 Å². The van der Waals surface area contributed by atoms with E-state index in [1.54, 1.807) is 25.4 Å². The Bertz CT molecular complexity index is 911. The Morgan fingerprint density at radius 3 is 3.00 bits per heavy atom. The van der Waals surface area contributed by atoms with Crippen molar-refractivity contribution < 1.29 is 9.53 Å². The maximum Gasteiger partial charge on any atom is 0.259 e. The van der Waals surface area contributed by atoms with Gasteiger partial charge in [0.05, 0.1) is 29.4 Å². The van der Waals surface area contributed by atoms with E-state index in [4.69, 9.17) is 4.74 Å². The molecule has 0 spiro atoms. The average Bonchev–Trinajstić information content (AvgIpc) is 3.14. The van der Waals surface area contributed by atoms with Crippen molar-refractivity contribution in [3.63, 3.8) is 0 Å². The fraction of sp³-hybridized carbons (Fsp3) is 0.176. The zero-order valence-corrected chi connectivity index (χ0v) is 14.9. The number of pyridine rings is 1. The second kappa shape index (κ2) is 6.29. The maximum atomic E-state index is 12.5. The van der Waals surface area contributed by atoms with Gasteiger partial charge in [-0.2, -0.15) is 0 Å². The van der Waals surface area contributed by atoms with Crippen molar-refractivity contribution in [2.24, 2.45) is 9.98 Å². The van der Waals surface area contributed by atoms with Crippen molar-refractivity contribution in [1.29, 1.82) is 0 Å². The molecule has 0 aliphatic carbocycles. The van der Waals surface area contributed by atoms with E-state index in [0.717, 1.165) is 15.9 Å². The highest BCUT2D eigenvalue weighted by atomic mass is 79.9. The number of carbonyl (C=O) groups is 1. The highest BCUT2D eigenvalue weighted by Gasteiger charge is 2.32. The molecule has 8 heteroatoms. The number of rotatable bonds is 2. The summed E-state index contributed by atoms with van der Waals surface area (Å²) in [5, 5.41) is 2.87. The van der Waals surface area contributed by atoms with Crippen LogP contribution >= 0.6 is 15.9 Å². The van der Waals surface area contributed by atoms with Gasteiger partial charge in [-0.15, -0.1) is 0 Å². The first-order valence-corrected chi connectivity index (χ1v) is 8.47. The topological polar surface area (TPSA) is 79.2 Å². The van der Waals surface area contributed by atoms with Gasteiger partial charge in [0.15, 0.2) is 0 Å². The van der Waals surface area contributed by atoms with E-state index >= 15 is 0 Å². The lowest BCUT2D eigenvalue weighted by Crippen LogP contribution is -2.47. The summed E-state index contributed by atoms with van der Waals surface area (Å²) in [5.74, 6) is 1.66. The Balaban J connectivity index is 1.75. The third-order valence-corrected chi connectivity index (χ3v) is 4.77. The first-order chi connectivity index (χ1) is 12.2. The molecule has 25 heavy (non-hydrogen) atoms. The Hall–Kier alpha value is -2.74. The summed E-state index contributed by atoms with van der Waals surface area (Å²) >= 11 is 3.53. The van der Waals surface area contributed by atoms with Crippen LogP contribution in [0.1, 0.15) is 15.9 Å². The van der Waals surface area contributed by atoms with Gasteiger partial charge in [-0.05, 0) is 40.2 Å². The summed E-state index contributed by atoms with van der Waals surface area (Å²) in [5.41, 5.74) is 2.07. The Labute approximate surface area is 152 Å². The molecule has 0 fully saturated rings. The highest BCUT2D eigenvalue weighted by Crippen LogP contribution is 2.40. The van der Waals surface area contributed by atoms with Crippen molar-refractivity contribution in [2.45, 2.75) is 0 Å². The second-order valence-electron chi connectivity index (χ2n) is 5.47. The van der Waals surface area contributed by atoms with Gasteiger partial charge >= 0.3 is 0 Å². The number of carbonyl (C=O) groups excluding carboxylic acids is 1. The quantitative estimate of drug-likeness (QED) is 0.840. The van der Waals surface area contributed by atoms with Crippen LogP contribution in [-0.4, -0.2) is 47.8 Å². The van der Waals surface area contributed by atoms with Crippen LogP contribution in [0.15, 0.2) is 51.1 Å². The summed E-state index contributed by atoms with van der Waals surface area (Å²) < 4.78 is 6.07. The molecule has 0 atom stereocenters. The Morgan fingerprint density at radius 1 is 1.36 bits per heavy atom. The van der Waals surface area contributed by atoms with Crippen LogP contribution in [0, 0.1) is 0 Å². The van der Waals surface area contributed by atoms with Gasteiger partial charge < -0.3 is 4.74 Å². The molecular formula is C17H14BrN5O2. The number of fused-ring (bicyclic) bond motifs is 3. The van der Waals surface area contributed by atoms with Gasteiger partial charge in [0.25, 0.3) is 5.91 Å². The lowest BCUT2D eigenvalue weighted by Gasteiger charge is -2.28. The number of hydrogen-bond acceptors (Lipinski definition) is 6. The second-order valence-corrected chi connectivity index (χ2v) is 6.26. The lowest BCUT2D eigenvalue weighted by molar-refractivity contribution is 0.0973. The molecule has 0 unspecified atom stereocenters. The first kappa shape index (κ1) is 15.8. The van der Waals surface area contributed by atoms with E-state index in [1.807, 2.05) is 17.0 Å². The maximum absolute atomic E-state index is 12.5. The molecule has 1 amide bonds. The number of hydrogen-bond donors (Lipinski definition) is 1. The molecule has 2 aliphatic rings. The third-order valence-electron chi connectivity index (χ3n) is 4.00. The zero-order valence-electron chi connectivity index (χ0n) is 13.4. The van der Waals surface area contributed by atoms with E-state index in [0.29, 0.717) is 36.0 Å². The van der Waals surface area contributed by atoms with E-state index in [2.05, 4.69) is 36.2 Å². The number of aliphatic imine (C=N–C) groups is 2. The molecule has 2 aromatic rings. The van der Waals surface area contributed by atoms with Gasteiger partial charge in [0.2, 0.25) is 5.96 Å². The molecule has 2 aliphatic heterocycles. The van der Waals surface area contributed by atoms with Crippen LogP contribution in [0.4, 0.5) is 5.69 Å². The predicted molar refractivity (Wildman–Crippen MR) is 97.6 cm³/mol. The molecule has 4 rings (SSSR count). The van der Waals surface area contributed by atoms with Crippen LogP contribution in [-0.2, 0) is 0 Å². The molecule has 7 nitrogen and oxygen atoms in total. The minimum Gasteiger partial charge on any atom is -0.495 e. The monoisotopic (exact) mass is 399 g/mol. The van der Waals surface area contributed by atoms with Crippen LogP contribution in [0.2, 0.25) is 0 Å². The normalized spacial score (nSPS) is 15.0. The molecule has 1 aromatic heterocycles. The number of aromatic nitrogens is 1. The van der Waals surface area contributed by atoms with E-state index in [-0.39, 0.29) is 5.91 Å². The number of ether oxygens (including phenoxy) is 1. The first-order valence-electron chi connectivity index (χ1n) is 7.68. The van der Waals surface area contributed by atoms with Crippen LogP contribution < -0.4 is 10.1 Å². The number of halogens is 1. The van der Waals surface area contributed by atoms with Gasteiger partial charge in [0.1, 0.15) is 11.6 Å². The van der Waals surface area contributed by atoms with E-state index in [9.17, 15) is 4.79 Å². The molecule has 0 saturated heterocycles. The fourth-order valence-electron chi connectivity index (χ4n) is 2.81. The molecular weight excluding hydrogens is 386 g/mol. The number of methoxy groups -OCH3 is 1. The SMILES string of the molecule is COc1ccc2c(c1Br)N=C(NC(=O)c1cccnc1)N1CCN=C21. The number of amidine groups is 1. The number of nitrogens with zero attached hydrogens (tertiary/aromatic N) is 4. The van der Waals surface area contributed by atoms with Gasteiger partial charge in [-0.25, -0.2) is 4.99 Å². The summed E-state index contributed by atoms with van der Waals surface area (Å²) in [6.45, 7) is 1.32. The number of benzene rings is 1. The molecule has 126 valence electrons. The van der Waals surface area contributed by atoms with Crippen molar-refractivity contribution in [1.82, 2.24) is 15.2 Å². The molecule has 1 aromatic carbocycles. The predicted octanol–water partition coefficient (Wildman–Crippen LogP) is 2.35. The standard InChI is InChI=1S/C17H14BrN5O2/c1-25-12-5-4-11-14(13(12)18)21-17(23-8-7-20-15(11)23)22-16(24)10-3-2-6-19-9-10/h2-6,9H,7-8H2,1H3,(H,21,22,24). The number of guanidine groups is 1. The molecule has 1 N–H and O–H groups in total. The summed E-state index contributed by atoms with van der Waals surface area (Å²) in [6, 6.07) is 7.23. The molecule has 0 radical (unpaired) electrons. The van der Waals surface area contributed by atoms with Gasteiger partial charge in [-0.3, -0.25) is 25.0 Å². The highest BCUT2D eigenvalue weighted by molar-refractivity contribution is 9.10. The molecule has 0 bridgehead atoms. The van der Waals surface area contributed by atoms with Crippen LogP contribution in [0.5, 0.6) is 5.75 Å². The fourth-order valence-corrected chi connectivity index (χ4v) is 3.41. The van der Waals surface area contributed by atoms with Crippen molar-refractivity contribution in [3.8, 4) is 5.75 Å². The largest absolute Gasteiger partial charge is 0.495 e. The minimum atomic E-state index is -0.263. The Morgan fingerprint density at radius 2 is 2.24 bits per heavy atom. The third kappa shape index (κ3) is 2.68.